The topological polar surface area (TPSA) is 26.8 Å². The standard InChI is InChI=1S/C22H33N3O/c1-22-14-18-17(13-16-9-6-5-7-10-16)25(21(26)15-23(2)3)20(22)12-8-11-19(22)24(18)4/h5-7,9-10,17-20H,8,11-15H2,1-4H3/t17-,18+,19+,20-,22+/m1/s1. The summed E-state index contributed by atoms with van der Waals surface area (Å²) in [6.07, 6.45) is 5.90. The normalized spacial score (nSPS) is 36.6. The zero-order valence-corrected chi connectivity index (χ0v) is 16.7. The van der Waals surface area contributed by atoms with Crippen LogP contribution in [0.2, 0.25) is 0 Å². The molecule has 26 heavy (non-hydrogen) atoms. The number of carbonyl (C=O) groups excluding carboxylic acids is 1. The molecule has 3 aliphatic rings. The number of rotatable bonds is 4. The zero-order valence-electron chi connectivity index (χ0n) is 16.7. The molecule has 0 radical (unpaired) electrons. The van der Waals surface area contributed by atoms with E-state index in [4.69, 9.17) is 0 Å². The number of hydrogen-bond donors (Lipinski definition) is 0. The van der Waals surface area contributed by atoms with Gasteiger partial charge in [-0.3, -0.25) is 9.69 Å². The number of amides is 1. The van der Waals surface area contributed by atoms with E-state index in [0.717, 1.165) is 12.8 Å². The van der Waals surface area contributed by atoms with Gasteiger partial charge in [0.05, 0.1) is 12.6 Å². The highest BCUT2D eigenvalue weighted by atomic mass is 16.2. The van der Waals surface area contributed by atoms with E-state index in [1.54, 1.807) is 0 Å². The average molecular weight is 356 g/mol. The van der Waals surface area contributed by atoms with E-state index < -0.39 is 0 Å². The Labute approximate surface area is 158 Å². The van der Waals surface area contributed by atoms with Gasteiger partial charge in [-0.15, -0.1) is 0 Å². The number of benzene rings is 1. The van der Waals surface area contributed by atoms with Gasteiger partial charge in [0.25, 0.3) is 0 Å². The van der Waals surface area contributed by atoms with E-state index in [2.05, 4.69) is 54.1 Å². The van der Waals surface area contributed by atoms with Crippen LogP contribution < -0.4 is 0 Å². The van der Waals surface area contributed by atoms with Crippen LogP contribution in [0, 0.1) is 5.41 Å². The fourth-order valence-electron chi connectivity index (χ4n) is 6.23. The number of likely N-dealkylation sites (N-methyl/N-ethyl adjacent to an activating group) is 2. The third-order valence-corrected chi connectivity index (χ3v) is 7.31. The maximum atomic E-state index is 13.3. The minimum Gasteiger partial charge on any atom is -0.333 e. The lowest BCUT2D eigenvalue weighted by molar-refractivity contribution is -0.145. The Morgan fingerprint density at radius 1 is 1.19 bits per heavy atom. The Morgan fingerprint density at radius 2 is 1.88 bits per heavy atom. The average Bonchev–Trinajstić information content (AvgIpc) is 2.86. The molecule has 4 nitrogen and oxygen atoms in total. The molecule has 1 aromatic rings. The second-order valence-corrected chi connectivity index (χ2v) is 9.20. The molecule has 0 unspecified atom stereocenters. The van der Waals surface area contributed by atoms with Gasteiger partial charge in [0.15, 0.2) is 0 Å². The van der Waals surface area contributed by atoms with Crippen LogP contribution in [0.5, 0.6) is 0 Å². The summed E-state index contributed by atoms with van der Waals surface area (Å²) in [5.41, 5.74) is 1.60. The molecule has 1 saturated carbocycles. The lowest BCUT2D eigenvalue weighted by Gasteiger charge is -2.53. The fourth-order valence-corrected chi connectivity index (χ4v) is 6.23. The molecule has 2 bridgehead atoms. The number of piperidine rings is 1. The van der Waals surface area contributed by atoms with E-state index in [9.17, 15) is 4.79 Å². The Morgan fingerprint density at radius 3 is 2.58 bits per heavy atom. The number of fused-ring (bicyclic) bond motifs is 1. The summed E-state index contributed by atoms with van der Waals surface area (Å²) >= 11 is 0. The van der Waals surface area contributed by atoms with Gasteiger partial charge in [0.2, 0.25) is 5.91 Å². The molecule has 1 amide bonds. The van der Waals surface area contributed by atoms with Gasteiger partial charge in [-0.2, -0.15) is 0 Å². The minimum absolute atomic E-state index is 0.257. The second-order valence-electron chi connectivity index (χ2n) is 9.20. The molecule has 3 fully saturated rings. The third kappa shape index (κ3) is 2.78. The van der Waals surface area contributed by atoms with Crippen molar-refractivity contribution < 1.29 is 4.79 Å². The number of hydrogen-bond acceptors (Lipinski definition) is 3. The highest BCUT2D eigenvalue weighted by molar-refractivity contribution is 5.79. The molecule has 0 spiro atoms. The summed E-state index contributed by atoms with van der Waals surface area (Å²) in [6, 6.07) is 12.5. The van der Waals surface area contributed by atoms with Crippen LogP contribution in [0.4, 0.5) is 0 Å². The van der Waals surface area contributed by atoms with Crippen LogP contribution in [0.25, 0.3) is 0 Å². The first-order chi connectivity index (χ1) is 12.4. The molecule has 1 aliphatic carbocycles. The molecule has 4 rings (SSSR count). The number of likely N-dealkylation sites (tertiary alicyclic amines) is 2. The van der Waals surface area contributed by atoms with E-state index >= 15 is 0 Å². The molecule has 142 valence electrons. The van der Waals surface area contributed by atoms with Gasteiger partial charge >= 0.3 is 0 Å². The monoisotopic (exact) mass is 355 g/mol. The van der Waals surface area contributed by atoms with Crippen molar-refractivity contribution in [3.63, 3.8) is 0 Å². The van der Waals surface area contributed by atoms with Crippen molar-refractivity contribution in [1.29, 1.82) is 0 Å². The van der Waals surface area contributed by atoms with Crippen molar-refractivity contribution in [2.45, 2.75) is 63.2 Å². The van der Waals surface area contributed by atoms with Gasteiger partial charge in [-0.1, -0.05) is 37.3 Å². The summed E-state index contributed by atoms with van der Waals surface area (Å²) in [6.45, 7) is 2.96. The first-order valence-electron chi connectivity index (χ1n) is 10.1. The maximum absolute atomic E-state index is 13.3. The predicted molar refractivity (Wildman–Crippen MR) is 105 cm³/mol. The van der Waals surface area contributed by atoms with Crippen LogP contribution in [0.3, 0.4) is 0 Å². The van der Waals surface area contributed by atoms with Crippen LogP contribution in [-0.2, 0) is 11.2 Å². The van der Waals surface area contributed by atoms with Crippen LogP contribution in [-0.4, -0.2) is 72.5 Å². The van der Waals surface area contributed by atoms with Crippen molar-refractivity contribution in [2.75, 3.05) is 27.7 Å². The van der Waals surface area contributed by atoms with Crippen molar-refractivity contribution in [3.05, 3.63) is 35.9 Å². The molecule has 1 aromatic carbocycles. The number of carbonyl (C=O) groups is 1. The van der Waals surface area contributed by atoms with E-state index in [1.807, 2.05) is 19.0 Å². The highest BCUT2D eigenvalue weighted by Crippen LogP contribution is 2.55. The summed E-state index contributed by atoms with van der Waals surface area (Å²) in [7, 11) is 6.31. The smallest absolute Gasteiger partial charge is 0.237 e. The van der Waals surface area contributed by atoms with Gasteiger partial charge in [0.1, 0.15) is 0 Å². The van der Waals surface area contributed by atoms with Crippen molar-refractivity contribution in [1.82, 2.24) is 14.7 Å². The van der Waals surface area contributed by atoms with E-state index in [1.165, 1.54) is 24.8 Å². The third-order valence-electron chi connectivity index (χ3n) is 7.31. The van der Waals surface area contributed by atoms with Crippen molar-refractivity contribution in [2.24, 2.45) is 5.41 Å². The summed E-state index contributed by atoms with van der Waals surface area (Å²) in [5, 5.41) is 0. The SMILES string of the molecule is CN(C)CC(=O)N1[C@H](Cc2ccccc2)[C@@H]2C[C@@]3(C)[C@H](CCC[C@@H]13)N2C. The molecule has 0 N–H and O–H groups in total. The lowest BCUT2D eigenvalue weighted by atomic mass is 9.64. The Hall–Kier alpha value is -1.39. The Bertz CT molecular complexity index is 661. The number of nitrogens with zero attached hydrogens (tertiary/aromatic N) is 3. The predicted octanol–water partition coefficient (Wildman–Crippen LogP) is 2.63. The summed E-state index contributed by atoms with van der Waals surface area (Å²) in [5.74, 6) is 0.313. The molecular weight excluding hydrogens is 322 g/mol. The Kier molecular flexibility index (Phi) is 4.60. The lowest BCUT2D eigenvalue weighted by Crippen LogP contribution is -2.63. The molecule has 2 aliphatic heterocycles. The second kappa shape index (κ2) is 6.65. The molecule has 2 saturated heterocycles. The van der Waals surface area contributed by atoms with Crippen LogP contribution >= 0.6 is 0 Å². The van der Waals surface area contributed by atoms with Gasteiger partial charge in [-0.25, -0.2) is 0 Å². The largest absolute Gasteiger partial charge is 0.333 e. The fraction of sp³-hybridized carbons (Fsp3) is 0.682. The van der Waals surface area contributed by atoms with Gasteiger partial charge in [-0.05, 0) is 58.8 Å². The van der Waals surface area contributed by atoms with Crippen molar-refractivity contribution in [3.8, 4) is 0 Å². The van der Waals surface area contributed by atoms with E-state index in [-0.39, 0.29) is 11.5 Å². The minimum atomic E-state index is 0.257. The quantitative estimate of drug-likeness (QED) is 0.831. The first-order valence-corrected chi connectivity index (χ1v) is 10.1. The molecule has 4 heteroatoms. The molecule has 0 aromatic heterocycles. The first kappa shape index (κ1) is 18.0. The summed E-state index contributed by atoms with van der Waals surface area (Å²) < 4.78 is 0. The molecule has 5 atom stereocenters. The van der Waals surface area contributed by atoms with Gasteiger partial charge in [0, 0.05) is 23.5 Å². The zero-order chi connectivity index (χ0) is 18.5. The van der Waals surface area contributed by atoms with Crippen LogP contribution in [0.1, 0.15) is 38.2 Å². The van der Waals surface area contributed by atoms with Crippen LogP contribution in [0.15, 0.2) is 30.3 Å². The maximum Gasteiger partial charge on any atom is 0.237 e. The molecule has 2 heterocycles. The van der Waals surface area contributed by atoms with Gasteiger partial charge < -0.3 is 9.80 Å². The van der Waals surface area contributed by atoms with E-state index in [0.29, 0.717) is 30.6 Å². The Balaban J connectivity index is 1.72. The highest BCUT2D eigenvalue weighted by Gasteiger charge is 2.62. The summed E-state index contributed by atoms with van der Waals surface area (Å²) in [4.78, 5) is 20.3. The molecular formula is C22H33N3O. The van der Waals surface area contributed by atoms with Crippen molar-refractivity contribution >= 4 is 5.91 Å².